The maximum atomic E-state index is 12.8. The van der Waals surface area contributed by atoms with Gasteiger partial charge in [0.05, 0.1) is 5.52 Å². The minimum atomic E-state index is -0.193. The molecule has 0 fully saturated rings. The Hall–Kier alpha value is -3.06. The largest absolute Gasteiger partial charge is 0.460 e. The Bertz CT molecular complexity index is 1250. The number of nitrogens with one attached hydrogen (secondary N) is 1. The zero-order valence-corrected chi connectivity index (χ0v) is 17.0. The van der Waals surface area contributed by atoms with Crippen molar-refractivity contribution in [3.05, 3.63) is 68.9 Å². The molecule has 8 heteroatoms. The van der Waals surface area contributed by atoms with Crippen LogP contribution in [0, 0.1) is 13.8 Å². The molecule has 29 heavy (non-hydrogen) atoms. The van der Waals surface area contributed by atoms with Crippen molar-refractivity contribution in [3.63, 3.8) is 0 Å². The lowest BCUT2D eigenvalue weighted by Gasteiger charge is -2.09. The van der Waals surface area contributed by atoms with Crippen LogP contribution in [0.5, 0.6) is 0 Å². The maximum absolute atomic E-state index is 12.8. The molecule has 4 aromatic rings. The highest BCUT2D eigenvalue weighted by atomic mass is 35.5. The van der Waals surface area contributed by atoms with Gasteiger partial charge in [0.15, 0.2) is 5.58 Å². The van der Waals surface area contributed by atoms with Gasteiger partial charge in [0.25, 0.3) is 5.56 Å². The van der Waals surface area contributed by atoms with Gasteiger partial charge in [-0.25, -0.2) is 4.68 Å². The van der Waals surface area contributed by atoms with Gasteiger partial charge in [-0.1, -0.05) is 23.7 Å². The Morgan fingerprint density at radius 2 is 1.93 bits per heavy atom. The van der Waals surface area contributed by atoms with E-state index in [2.05, 4.69) is 10.4 Å². The molecule has 0 unspecified atom stereocenters. The lowest BCUT2D eigenvalue weighted by molar-refractivity contribution is -0.121. The van der Waals surface area contributed by atoms with E-state index in [0.717, 1.165) is 16.8 Å². The Kier molecular flexibility index (Phi) is 5.15. The second-order valence-corrected chi connectivity index (χ2v) is 7.49. The van der Waals surface area contributed by atoms with E-state index in [-0.39, 0.29) is 11.5 Å². The zero-order chi connectivity index (χ0) is 20.5. The van der Waals surface area contributed by atoms with Crippen molar-refractivity contribution in [3.8, 4) is 0 Å². The number of aryl methyl sites for hydroxylation is 3. The summed E-state index contributed by atoms with van der Waals surface area (Å²) in [6.45, 7) is 4.54. The molecule has 0 aliphatic carbocycles. The molecule has 1 N–H and O–H groups in total. The van der Waals surface area contributed by atoms with Crippen LogP contribution >= 0.6 is 11.6 Å². The molecule has 0 saturated carbocycles. The van der Waals surface area contributed by atoms with Crippen molar-refractivity contribution in [1.82, 2.24) is 19.5 Å². The number of fused-ring (bicyclic) bond motifs is 3. The molecule has 0 bridgehead atoms. The average molecular weight is 413 g/mol. The molecule has 4 rings (SSSR count). The molecule has 1 aromatic carbocycles. The number of aromatic nitrogens is 3. The number of halogens is 1. The van der Waals surface area contributed by atoms with Crippen LogP contribution in [0.15, 0.2) is 45.6 Å². The molecular weight excluding hydrogens is 392 g/mol. The van der Waals surface area contributed by atoms with Crippen molar-refractivity contribution in [2.75, 3.05) is 0 Å². The number of benzene rings is 1. The first-order valence-electron chi connectivity index (χ1n) is 9.43. The Morgan fingerprint density at radius 1 is 1.17 bits per heavy atom. The van der Waals surface area contributed by atoms with E-state index in [9.17, 15) is 9.59 Å². The van der Waals surface area contributed by atoms with Crippen LogP contribution < -0.4 is 10.9 Å². The van der Waals surface area contributed by atoms with Crippen LogP contribution in [-0.2, 0) is 17.9 Å². The van der Waals surface area contributed by atoms with Gasteiger partial charge in [-0.2, -0.15) is 5.10 Å². The summed E-state index contributed by atoms with van der Waals surface area (Å²) in [5, 5.41) is 7.95. The first-order valence-corrected chi connectivity index (χ1v) is 9.80. The minimum Gasteiger partial charge on any atom is -0.460 e. The van der Waals surface area contributed by atoms with E-state index in [1.807, 2.05) is 36.4 Å². The van der Waals surface area contributed by atoms with E-state index >= 15 is 0 Å². The van der Waals surface area contributed by atoms with Gasteiger partial charge < -0.3 is 9.73 Å². The van der Waals surface area contributed by atoms with Gasteiger partial charge in [-0.15, -0.1) is 0 Å². The van der Waals surface area contributed by atoms with Crippen LogP contribution in [0.4, 0.5) is 0 Å². The average Bonchev–Trinajstić information content (AvgIpc) is 3.21. The summed E-state index contributed by atoms with van der Waals surface area (Å²) in [5.41, 5.74) is 2.83. The quantitative estimate of drug-likeness (QED) is 0.524. The smallest absolute Gasteiger partial charge is 0.291 e. The summed E-state index contributed by atoms with van der Waals surface area (Å²) in [6, 6.07) is 11.0. The maximum Gasteiger partial charge on any atom is 0.291 e. The summed E-state index contributed by atoms with van der Waals surface area (Å²) in [7, 11) is 0. The summed E-state index contributed by atoms with van der Waals surface area (Å²) >= 11 is 5.86. The third-order valence-electron chi connectivity index (χ3n) is 4.83. The van der Waals surface area contributed by atoms with Crippen LogP contribution in [0.3, 0.4) is 0 Å². The summed E-state index contributed by atoms with van der Waals surface area (Å²) in [4.78, 5) is 24.9. The number of amides is 1. The molecule has 0 aliphatic heterocycles. The highest BCUT2D eigenvalue weighted by molar-refractivity contribution is 6.30. The highest BCUT2D eigenvalue weighted by Crippen LogP contribution is 2.22. The third kappa shape index (κ3) is 3.91. The zero-order valence-electron chi connectivity index (χ0n) is 16.2. The number of rotatable bonds is 6. The standard InChI is InChI=1S/C21H21ClN4O3/c1-13-10-17-19(29-13)11-18-21(28)25(24-14(2)26(17)18)9-3-4-20(27)23-12-15-5-7-16(22)8-6-15/h5-8,10-11H,3-4,9,12H2,1-2H3,(H,23,27). The summed E-state index contributed by atoms with van der Waals surface area (Å²) in [6.07, 6.45) is 0.833. The fourth-order valence-electron chi connectivity index (χ4n) is 3.45. The number of hydrogen-bond acceptors (Lipinski definition) is 4. The summed E-state index contributed by atoms with van der Waals surface area (Å²) in [5.74, 6) is 1.42. The molecule has 0 spiro atoms. The Balaban J connectivity index is 1.40. The van der Waals surface area contributed by atoms with Crippen LogP contribution in [0.1, 0.15) is 30.0 Å². The van der Waals surface area contributed by atoms with Crippen molar-refractivity contribution < 1.29 is 9.21 Å². The number of carbonyl (C=O) groups excluding carboxylic acids is 1. The van der Waals surface area contributed by atoms with Gasteiger partial charge in [-0.05, 0) is 38.0 Å². The van der Waals surface area contributed by atoms with E-state index < -0.39 is 0 Å². The van der Waals surface area contributed by atoms with Crippen molar-refractivity contribution >= 4 is 34.1 Å². The molecule has 7 nitrogen and oxygen atoms in total. The monoisotopic (exact) mass is 412 g/mol. The molecule has 0 saturated heterocycles. The number of hydrogen-bond donors (Lipinski definition) is 1. The Labute approximate surface area is 171 Å². The normalized spacial score (nSPS) is 11.4. The number of nitrogens with zero attached hydrogens (tertiary/aromatic N) is 3. The summed E-state index contributed by atoms with van der Waals surface area (Å²) < 4.78 is 8.86. The predicted molar refractivity (Wildman–Crippen MR) is 111 cm³/mol. The van der Waals surface area contributed by atoms with Crippen LogP contribution in [0.2, 0.25) is 5.02 Å². The minimum absolute atomic E-state index is 0.0681. The second kappa shape index (κ2) is 7.75. The Morgan fingerprint density at radius 3 is 2.69 bits per heavy atom. The topological polar surface area (TPSA) is 81.5 Å². The van der Waals surface area contributed by atoms with Gasteiger partial charge in [-0.3, -0.25) is 14.0 Å². The van der Waals surface area contributed by atoms with Gasteiger partial charge in [0, 0.05) is 36.7 Å². The van der Waals surface area contributed by atoms with Crippen molar-refractivity contribution in [2.24, 2.45) is 0 Å². The van der Waals surface area contributed by atoms with Crippen molar-refractivity contribution in [2.45, 2.75) is 39.8 Å². The van der Waals surface area contributed by atoms with Crippen LogP contribution in [0.25, 0.3) is 16.6 Å². The SMILES string of the molecule is Cc1cc2c(cc3c(=O)n(CCCC(=O)NCc4ccc(Cl)cc4)nc(C)n32)o1. The van der Waals surface area contributed by atoms with Crippen molar-refractivity contribution in [1.29, 1.82) is 0 Å². The molecular formula is C21H21ClN4O3. The molecule has 0 atom stereocenters. The fourth-order valence-corrected chi connectivity index (χ4v) is 3.58. The second-order valence-electron chi connectivity index (χ2n) is 7.05. The van der Waals surface area contributed by atoms with E-state index in [4.69, 9.17) is 16.0 Å². The van der Waals surface area contributed by atoms with Gasteiger partial charge in [0.2, 0.25) is 5.91 Å². The molecule has 3 heterocycles. The lowest BCUT2D eigenvalue weighted by atomic mass is 10.2. The van der Waals surface area contributed by atoms with Crippen LogP contribution in [-0.4, -0.2) is 20.1 Å². The number of carbonyl (C=O) groups is 1. The first kappa shape index (κ1) is 19.3. The van der Waals surface area contributed by atoms with E-state index in [1.165, 1.54) is 4.68 Å². The predicted octanol–water partition coefficient (Wildman–Crippen LogP) is 3.61. The highest BCUT2D eigenvalue weighted by Gasteiger charge is 2.15. The molecule has 1 amide bonds. The molecule has 0 radical (unpaired) electrons. The number of furan rings is 1. The van der Waals surface area contributed by atoms with E-state index in [1.54, 1.807) is 18.2 Å². The lowest BCUT2D eigenvalue weighted by Crippen LogP contribution is -2.27. The first-order chi connectivity index (χ1) is 13.9. The molecule has 3 aromatic heterocycles. The fraction of sp³-hybridized carbons (Fsp3) is 0.286. The van der Waals surface area contributed by atoms with E-state index in [0.29, 0.717) is 47.9 Å². The molecule has 150 valence electrons. The van der Waals surface area contributed by atoms with Gasteiger partial charge in [0.1, 0.15) is 17.1 Å². The van der Waals surface area contributed by atoms with Gasteiger partial charge >= 0.3 is 0 Å². The third-order valence-corrected chi connectivity index (χ3v) is 5.08. The molecule has 0 aliphatic rings.